The van der Waals surface area contributed by atoms with Crippen molar-refractivity contribution in [2.24, 2.45) is 0 Å². The van der Waals surface area contributed by atoms with E-state index in [0.29, 0.717) is 6.54 Å². The van der Waals surface area contributed by atoms with Gasteiger partial charge in [-0.15, -0.1) is 0 Å². The Balaban J connectivity index is 1.73. The molecule has 0 radical (unpaired) electrons. The van der Waals surface area contributed by atoms with Crippen LogP contribution < -0.4 is 0 Å². The molecule has 0 bridgehead atoms. The first-order valence-corrected chi connectivity index (χ1v) is 8.40. The Bertz CT molecular complexity index is 881. The minimum Gasteiger partial charge on any atom is -0.444 e. The average molecular weight is 341 g/mol. The Morgan fingerprint density at radius 3 is 1.92 bits per heavy atom. The largest absolute Gasteiger partial charge is 0.444 e. The number of ether oxygens (including phenoxy) is 1. The number of carbonyl (C=O) groups excluding carboxylic acids is 1. The maximum atomic E-state index is 12.5. The maximum Gasteiger partial charge on any atom is 0.422 e. The highest BCUT2D eigenvalue weighted by molar-refractivity contribution is 5.70. The van der Waals surface area contributed by atoms with Gasteiger partial charge in [-0.2, -0.15) is 0 Å². The Morgan fingerprint density at radius 1 is 0.769 bits per heavy atom. The molecule has 3 aromatic rings. The van der Waals surface area contributed by atoms with Gasteiger partial charge in [0.15, 0.2) is 0 Å². The molecule has 0 saturated carbocycles. The monoisotopic (exact) mass is 341 g/mol. The van der Waals surface area contributed by atoms with Crippen LogP contribution in [0.1, 0.15) is 16.7 Å². The van der Waals surface area contributed by atoms with E-state index in [2.05, 4.69) is 12.0 Å². The van der Waals surface area contributed by atoms with Crippen LogP contribution >= 0.6 is 0 Å². The molecule has 0 heterocycles. The lowest BCUT2D eigenvalue weighted by atomic mass is 10.2. The smallest absolute Gasteiger partial charge is 0.422 e. The van der Waals surface area contributed by atoms with E-state index in [9.17, 15) is 4.79 Å². The number of hydrogen-bond acceptors (Lipinski definition) is 2. The lowest BCUT2D eigenvalue weighted by molar-refractivity contribution is 0.112. The van der Waals surface area contributed by atoms with Crippen LogP contribution in [0.4, 0.5) is 4.79 Å². The molecule has 0 aromatic heterocycles. The van der Waals surface area contributed by atoms with Crippen molar-refractivity contribution >= 4 is 6.09 Å². The van der Waals surface area contributed by atoms with Crippen LogP contribution in [0.3, 0.4) is 0 Å². The zero-order chi connectivity index (χ0) is 18.0. The van der Waals surface area contributed by atoms with E-state index in [1.807, 2.05) is 91.0 Å². The van der Waals surface area contributed by atoms with E-state index in [1.54, 1.807) is 0 Å². The first-order valence-electron chi connectivity index (χ1n) is 8.40. The molecule has 0 saturated heterocycles. The normalized spacial score (nSPS) is 9.69. The van der Waals surface area contributed by atoms with E-state index >= 15 is 0 Å². The minimum atomic E-state index is -0.457. The summed E-state index contributed by atoms with van der Waals surface area (Å²) in [6.45, 7) is 0.590. The van der Waals surface area contributed by atoms with Crippen molar-refractivity contribution in [1.29, 1.82) is 0 Å². The summed E-state index contributed by atoms with van der Waals surface area (Å²) in [4.78, 5) is 14.0. The van der Waals surface area contributed by atoms with Crippen molar-refractivity contribution in [2.45, 2.75) is 13.2 Å². The third-order valence-electron chi connectivity index (χ3n) is 3.72. The molecule has 3 nitrogen and oxygen atoms in total. The summed E-state index contributed by atoms with van der Waals surface area (Å²) in [6, 6.07) is 31.8. The standard InChI is InChI=1S/C23H19NO2/c25-23(26-19-22-14-8-3-9-15-22)24(18-21-12-6-2-7-13-21)17-16-20-10-4-1-5-11-20/h1-15H,18-19H2. The highest BCUT2D eigenvalue weighted by Crippen LogP contribution is 2.08. The zero-order valence-corrected chi connectivity index (χ0v) is 14.3. The third-order valence-corrected chi connectivity index (χ3v) is 3.72. The van der Waals surface area contributed by atoms with Gasteiger partial charge in [-0.25, -0.2) is 9.69 Å². The van der Waals surface area contributed by atoms with Crippen molar-refractivity contribution < 1.29 is 9.53 Å². The van der Waals surface area contributed by atoms with Crippen molar-refractivity contribution in [2.75, 3.05) is 0 Å². The van der Waals surface area contributed by atoms with Crippen molar-refractivity contribution in [3.05, 3.63) is 108 Å². The third kappa shape index (κ3) is 5.25. The van der Waals surface area contributed by atoms with E-state index in [0.717, 1.165) is 16.7 Å². The molecule has 3 heteroatoms. The van der Waals surface area contributed by atoms with Gasteiger partial charge in [0.25, 0.3) is 0 Å². The van der Waals surface area contributed by atoms with Crippen LogP contribution in [-0.2, 0) is 17.9 Å². The van der Waals surface area contributed by atoms with E-state index in [1.165, 1.54) is 4.90 Å². The molecular formula is C23H19NO2. The summed E-state index contributed by atoms with van der Waals surface area (Å²) in [5.74, 6) is 3.02. The molecule has 0 unspecified atom stereocenters. The van der Waals surface area contributed by atoms with Gasteiger partial charge in [0.05, 0.1) is 6.54 Å². The minimum absolute atomic E-state index is 0.220. The van der Waals surface area contributed by atoms with Crippen LogP contribution in [0, 0.1) is 12.0 Å². The van der Waals surface area contributed by atoms with Gasteiger partial charge < -0.3 is 4.74 Å². The molecule has 0 N–H and O–H groups in total. The Morgan fingerprint density at radius 2 is 1.31 bits per heavy atom. The molecule has 0 aliphatic carbocycles. The van der Waals surface area contributed by atoms with Gasteiger partial charge in [-0.05, 0) is 29.2 Å². The Labute approximate surface area is 153 Å². The molecule has 0 spiro atoms. The fraction of sp³-hybridized carbons (Fsp3) is 0.0870. The number of rotatable bonds is 4. The average Bonchev–Trinajstić information content (AvgIpc) is 2.71. The Kier molecular flexibility index (Phi) is 6.06. The lowest BCUT2D eigenvalue weighted by Gasteiger charge is -2.16. The number of nitrogens with zero attached hydrogens (tertiary/aromatic N) is 1. The fourth-order valence-corrected chi connectivity index (χ4v) is 2.37. The lowest BCUT2D eigenvalue weighted by Crippen LogP contribution is -2.26. The zero-order valence-electron chi connectivity index (χ0n) is 14.3. The van der Waals surface area contributed by atoms with Crippen molar-refractivity contribution in [3.63, 3.8) is 0 Å². The van der Waals surface area contributed by atoms with Gasteiger partial charge >= 0.3 is 6.09 Å². The Hall–Kier alpha value is -3.51. The van der Waals surface area contributed by atoms with E-state index in [-0.39, 0.29) is 6.61 Å². The first kappa shape index (κ1) is 17.3. The van der Waals surface area contributed by atoms with Crippen LogP contribution in [0.5, 0.6) is 0 Å². The predicted molar refractivity (Wildman–Crippen MR) is 102 cm³/mol. The van der Waals surface area contributed by atoms with E-state index in [4.69, 9.17) is 4.74 Å². The molecule has 128 valence electrons. The van der Waals surface area contributed by atoms with Gasteiger partial charge in [0.1, 0.15) is 6.61 Å². The summed E-state index contributed by atoms with van der Waals surface area (Å²) in [5, 5.41) is 0. The van der Waals surface area contributed by atoms with Gasteiger partial charge in [0, 0.05) is 11.6 Å². The van der Waals surface area contributed by atoms with Crippen molar-refractivity contribution in [1.82, 2.24) is 4.90 Å². The molecule has 26 heavy (non-hydrogen) atoms. The second kappa shape index (κ2) is 9.10. The summed E-state index contributed by atoms with van der Waals surface area (Å²) < 4.78 is 5.44. The second-order valence-corrected chi connectivity index (χ2v) is 5.71. The van der Waals surface area contributed by atoms with Crippen LogP contribution in [-0.4, -0.2) is 11.0 Å². The van der Waals surface area contributed by atoms with Gasteiger partial charge in [-0.1, -0.05) is 78.9 Å². The van der Waals surface area contributed by atoms with Crippen LogP contribution in [0.15, 0.2) is 91.0 Å². The molecule has 0 aliphatic heterocycles. The number of hydrogen-bond donors (Lipinski definition) is 0. The highest BCUT2D eigenvalue weighted by Gasteiger charge is 2.13. The maximum absolute atomic E-state index is 12.5. The van der Waals surface area contributed by atoms with Gasteiger partial charge in [0.2, 0.25) is 0 Å². The topological polar surface area (TPSA) is 29.5 Å². The molecule has 3 aromatic carbocycles. The highest BCUT2D eigenvalue weighted by atomic mass is 16.6. The number of benzene rings is 3. The summed E-state index contributed by atoms with van der Waals surface area (Å²) in [6.07, 6.45) is -0.457. The molecule has 0 fully saturated rings. The predicted octanol–water partition coefficient (Wildman–Crippen LogP) is 4.83. The molecule has 0 aliphatic rings. The quantitative estimate of drug-likeness (QED) is 0.502. The molecular weight excluding hydrogens is 322 g/mol. The summed E-state index contributed by atoms with van der Waals surface area (Å²) in [7, 11) is 0. The summed E-state index contributed by atoms with van der Waals surface area (Å²) in [5.41, 5.74) is 2.78. The fourth-order valence-electron chi connectivity index (χ4n) is 2.37. The van der Waals surface area contributed by atoms with Crippen LogP contribution in [0.2, 0.25) is 0 Å². The first-order chi connectivity index (χ1) is 12.8. The number of amides is 1. The second-order valence-electron chi connectivity index (χ2n) is 5.71. The van der Waals surface area contributed by atoms with E-state index < -0.39 is 6.09 Å². The van der Waals surface area contributed by atoms with Crippen molar-refractivity contribution in [3.8, 4) is 12.0 Å². The molecule has 3 rings (SSSR count). The molecule has 1 amide bonds. The number of carbonyl (C=O) groups is 1. The van der Waals surface area contributed by atoms with Crippen LogP contribution in [0.25, 0.3) is 0 Å². The SMILES string of the molecule is O=C(OCc1ccccc1)N(C#Cc1ccccc1)Cc1ccccc1. The summed E-state index contributed by atoms with van der Waals surface area (Å²) >= 11 is 0. The molecule has 0 atom stereocenters. The van der Waals surface area contributed by atoms with Gasteiger partial charge in [-0.3, -0.25) is 0 Å².